The van der Waals surface area contributed by atoms with Crippen molar-refractivity contribution in [3.63, 3.8) is 0 Å². The average molecular weight is 426 g/mol. The lowest BCUT2D eigenvalue weighted by Crippen LogP contribution is -2.40. The van der Waals surface area contributed by atoms with E-state index in [1.165, 1.54) is 30.3 Å². The quantitative estimate of drug-likeness (QED) is 0.420. The van der Waals surface area contributed by atoms with E-state index < -0.39 is 12.1 Å². The van der Waals surface area contributed by atoms with Crippen LogP contribution in [0.2, 0.25) is 0 Å². The molecule has 0 amide bonds. The van der Waals surface area contributed by atoms with Gasteiger partial charge in [-0.1, -0.05) is 24.3 Å². The molecule has 0 aromatic heterocycles. The summed E-state index contributed by atoms with van der Waals surface area (Å²) in [4.78, 5) is 6.45. The fraction of sp³-hybridized carbons (Fsp3) is 0.350. The molecule has 1 aliphatic rings. The van der Waals surface area contributed by atoms with Gasteiger partial charge in [0.2, 0.25) is 0 Å². The normalized spacial score (nSPS) is 16.9. The summed E-state index contributed by atoms with van der Waals surface area (Å²) in [5.74, 6) is -0.814. The second-order valence-corrected chi connectivity index (χ2v) is 6.61. The monoisotopic (exact) mass is 426 g/mol. The van der Waals surface area contributed by atoms with E-state index >= 15 is 0 Å². The van der Waals surface area contributed by atoms with Crippen LogP contribution in [0.4, 0.5) is 23.2 Å². The highest BCUT2D eigenvalue weighted by molar-refractivity contribution is 5.93. The Kier molecular flexibility index (Phi) is 7.11. The molecule has 0 radical (unpaired) electrons. The van der Waals surface area contributed by atoms with Crippen molar-refractivity contribution in [2.75, 3.05) is 38.2 Å². The predicted molar refractivity (Wildman–Crippen MR) is 105 cm³/mol. The summed E-state index contributed by atoms with van der Waals surface area (Å²) < 4.78 is 60.4. The number of guanidine groups is 1. The second-order valence-electron chi connectivity index (χ2n) is 6.61. The zero-order chi connectivity index (χ0) is 21.6. The van der Waals surface area contributed by atoms with Gasteiger partial charge >= 0.3 is 6.36 Å². The largest absolute Gasteiger partial charge is 0.573 e. The molecule has 162 valence electrons. The molecule has 0 spiro atoms. The van der Waals surface area contributed by atoms with E-state index in [1.54, 1.807) is 18.2 Å². The summed E-state index contributed by atoms with van der Waals surface area (Å²) in [6.07, 6.45) is -4.83. The number of aliphatic imine (C=N–C) groups is 1. The predicted octanol–water partition coefficient (Wildman–Crippen LogP) is 3.52. The minimum atomic E-state index is -4.83. The summed E-state index contributed by atoms with van der Waals surface area (Å²) in [5.41, 5.74) is 6.82. The maximum absolute atomic E-state index is 13.3. The molecule has 30 heavy (non-hydrogen) atoms. The van der Waals surface area contributed by atoms with Gasteiger partial charge in [0.15, 0.2) is 11.7 Å². The number of benzene rings is 2. The van der Waals surface area contributed by atoms with Gasteiger partial charge in [-0.25, -0.2) is 4.39 Å². The molecule has 0 aliphatic carbocycles. The van der Waals surface area contributed by atoms with Crippen LogP contribution in [0.3, 0.4) is 0 Å². The molecule has 10 heteroatoms. The average Bonchev–Trinajstić information content (AvgIpc) is 2.71. The van der Waals surface area contributed by atoms with Gasteiger partial charge in [0.1, 0.15) is 5.82 Å². The SMILES string of the molecule is NC(=NCC(c1ccc(F)cc1)N1CCOCC1)Nc1ccccc1OC(F)(F)F. The third kappa shape index (κ3) is 6.33. The fourth-order valence-corrected chi connectivity index (χ4v) is 3.15. The Balaban J connectivity index is 1.74. The van der Waals surface area contributed by atoms with Gasteiger partial charge in [-0.05, 0) is 29.8 Å². The Bertz CT molecular complexity index is 853. The van der Waals surface area contributed by atoms with Crippen LogP contribution in [0.1, 0.15) is 11.6 Å². The number of hydrogen-bond donors (Lipinski definition) is 2. The third-order valence-corrected chi connectivity index (χ3v) is 4.55. The summed E-state index contributed by atoms with van der Waals surface area (Å²) in [6.45, 7) is 2.71. The van der Waals surface area contributed by atoms with Crippen molar-refractivity contribution in [1.29, 1.82) is 0 Å². The molecular weight excluding hydrogens is 404 g/mol. The van der Waals surface area contributed by atoms with Crippen LogP contribution in [0.5, 0.6) is 5.75 Å². The lowest BCUT2D eigenvalue weighted by Gasteiger charge is -2.34. The second kappa shape index (κ2) is 9.77. The van der Waals surface area contributed by atoms with Crippen molar-refractivity contribution in [3.8, 4) is 5.75 Å². The summed E-state index contributed by atoms with van der Waals surface area (Å²) in [7, 11) is 0. The molecule has 2 aromatic rings. The molecule has 2 aromatic carbocycles. The molecule has 1 aliphatic heterocycles. The third-order valence-electron chi connectivity index (χ3n) is 4.55. The van der Waals surface area contributed by atoms with Crippen molar-refractivity contribution in [2.45, 2.75) is 12.4 Å². The van der Waals surface area contributed by atoms with Gasteiger partial charge in [-0.2, -0.15) is 0 Å². The molecule has 6 nitrogen and oxygen atoms in total. The van der Waals surface area contributed by atoms with E-state index in [2.05, 4.69) is 19.9 Å². The van der Waals surface area contributed by atoms with Crippen molar-refractivity contribution < 1.29 is 27.0 Å². The number of para-hydroxylation sites is 2. The van der Waals surface area contributed by atoms with Crippen LogP contribution in [-0.2, 0) is 4.74 Å². The van der Waals surface area contributed by atoms with E-state index in [9.17, 15) is 17.6 Å². The standard InChI is InChI=1S/C20H22F4N4O2/c21-15-7-5-14(6-8-15)17(28-9-11-29-12-10-28)13-26-19(25)27-16-3-1-2-4-18(16)30-20(22,23)24/h1-8,17H,9-13H2,(H3,25,26,27). The molecule has 1 heterocycles. The van der Waals surface area contributed by atoms with Crippen LogP contribution < -0.4 is 15.8 Å². The zero-order valence-corrected chi connectivity index (χ0v) is 16.0. The van der Waals surface area contributed by atoms with Gasteiger partial charge in [0, 0.05) is 13.1 Å². The van der Waals surface area contributed by atoms with Crippen LogP contribution in [0.25, 0.3) is 0 Å². The summed E-state index contributed by atoms with van der Waals surface area (Å²) in [5, 5.41) is 2.65. The molecule has 1 atom stereocenters. The Morgan fingerprint density at radius 2 is 1.80 bits per heavy atom. The smallest absolute Gasteiger partial charge is 0.404 e. The van der Waals surface area contributed by atoms with E-state index in [4.69, 9.17) is 10.5 Å². The van der Waals surface area contributed by atoms with E-state index in [-0.39, 0.29) is 30.1 Å². The minimum absolute atomic E-state index is 0.0424. The summed E-state index contributed by atoms with van der Waals surface area (Å²) in [6, 6.07) is 11.5. The topological polar surface area (TPSA) is 72.1 Å². The highest BCUT2D eigenvalue weighted by Gasteiger charge is 2.32. The zero-order valence-electron chi connectivity index (χ0n) is 16.0. The summed E-state index contributed by atoms with van der Waals surface area (Å²) >= 11 is 0. The van der Waals surface area contributed by atoms with E-state index in [0.717, 1.165) is 5.56 Å². The first-order valence-corrected chi connectivity index (χ1v) is 9.31. The molecule has 3 N–H and O–H groups in total. The molecule has 1 fully saturated rings. The van der Waals surface area contributed by atoms with Crippen LogP contribution in [0, 0.1) is 5.82 Å². The van der Waals surface area contributed by atoms with Gasteiger partial charge < -0.3 is 20.5 Å². The van der Waals surface area contributed by atoms with Gasteiger partial charge in [0.05, 0.1) is 31.5 Å². The number of nitrogens with two attached hydrogens (primary N) is 1. The Morgan fingerprint density at radius 1 is 1.13 bits per heavy atom. The van der Waals surface area contributed by atoms with Crippen LogP contribution in [0.15, 0.2) is 53.5 Å². The molecule has 1 saturated heterocycles. The van der Waals surface area contributed by atoms with Crippen molar-refractivity contribution in [1.82, 2.24) is 4.90 Å². The number of hydrogen-bond acceptors (Lipinski definition) is 4. The number of halogens is 4. The molecule has 1 unspecified atom stereocenters. The maximum Gasteiger partial charge on any atom is 0.573 e. The molecule has 3 rings (SSSR count). The van der Waals surface area contributed by atoms with Crippen molar-refractivity contribution >= 4 is 11.6 Å². The number of nitrogens with zero attached hydrogens (tertiary/aromatic N) is 2. The first-order chi connectivity index (χ1) is 14.3. The van der Waals surface area contributed by atoms with Gasteiger partial charge in [0.25, 0.3) is 0 Å². The van der Waals surface area contributed by atoms with Gasteiger partial charge in [-0.3, -0.25) is 9.89 Å². The van der Waals surface area contributed by atoms with Crippen molar-refractivity contribution in [3.05, 3.63) is 59.9 Å². The lowest BCUT2D eigenvalue weighted by atomic mass is 10.0. The molecule has 0 saturated carbocycles. The Labute approximate surface area is 171 Å². The van der Waals surface area contributed by atoms with Crippen LogP contribution in [-0.4, -0.2) is 50.1 Å². The van der Waals surface area contributed by atoms with Crippen LogP contribution >= 0.6 is 0 Å². The fourth-order valence-electron chi connectivity index (χ4n) is 3.15. The Morgan fingerprint density at radius 3 is 2.47 bits per heavy atom. The highest BCUT2D eigenvalue weighted by Crippen LogP contribution is 2.30. The highest BCUT2D eigenvalue weighted by atomic mass is 19.4. The molecular formula is C20H22F4N4O2. The number of nitrogens with one attached hydrogen (secondary N) is 1. The first-order valence-electron chi connectivity index (χ1n) is 9.31. The van der Waals surface area contributed by atoms with E-state index in [1.807, 2.05) is 0 Å². The molecule has 0 bridgehead atoms. The van der Waals surface area contributed by atoms with Crippen molar-refractivity contribution in [2.24, 2.45) is 10.7 Å². The first kappa shape index (κ1) is 21.8. The lowest BCUT2D eigenvalue weighted by molar-refractivity contribution is -0.274. The number of alkyl halides is 3. The number of ether oxygens (including phenoxy) is 2. The van der Waals surface area contributed by atoms with E-state index in [0.29, 0.717) is 26.3 Å². The maximum atomic E-state index is 13.3. The number of anilines is 1. The Hall–Kier alpha value is -2.85. The van der Waals surface area contributed by atoms with Gasteiger partial charge in [-0.15, -0.1) is 13.2 Å². The minimum Gasteiger partial charge on any atom is -0.404 e. The number of morpholine rings is 1. The number of rotatable bonds is 6.